The van der Waals surface area contributed by atoms with Crippen LogP contribution in [0.2, 0.25) is 0 Å². The lowest BCUT2D eigenvalue weighted by molar-refractivity contribution is 0.0652. The number of benzene rings is 1. The molecule has 1 atom stereocenters. The van der Waals surface area contributed by atoms with Gasteiger partial charge in [0.25, 0.3) is 5.91 Å². The third kappa shape index (κ3) is 3.54. The van der Waals surface area contributed by atoms with Gasteiger partial charge in [-0.25, -0.2) is 4.39 Å². The zero-order chi connectivity index (χ0) is 13.8. The Balaban J connectivity index is 2.12. The zero-order valence-electron chi connectivity index (χ0n) is 10.6. The van der Waals surface area contributed by atoms with Crippen molar-refractivity contribution < 1.29 is 14.3 Å². The van der Waals surface area contributed by atoms with E-state index in [0.29, 0.717) is 35.5 Å². The van der Waals surface area contributed by atoms with Crippen molar-refractivity contribution in [2.45, 2.75) is 19.3 Å². The van der Waals surface area contributed by atoms with Gasteiger partial charge in [-0.05, 0) is 59.3 Å². The van der Waals surface area contributed by atoms with E-state index in [-0.39, 0.29) is 12.5 Å². The number of hydrogen-bond donors (Lipinski definition) is 1. The van der Waals surface area contributed by atoms with Crippen LogP contribution in [0.25, 0.3) is 0 Å². The molecule has 1 aromatic carbocycles. The highest BCUT2D eigenvalue weighted by Crippen LogP contribution is 2.24. The quantitative estimate of drug-likeness (QED) is 0.926. The third-order valence-corrected chi connectivity index (χ3v) is 4.19. The molecule has 1 unspecified atom stereocenters. The first kappa shape index (κ1) is 14.5. The van der Waals surface area contributed by atoms with Gasteiger partial charge < -0.3 is 10.0 Å². The first-order valence-corrected chi connectivity index (χ1v) is 7.26. The zero-order valence-corrected chi connectivity index (χ0v) is 12.2. The maximum atomic E-state index is 13.2. The molecule has 1 fully saturated rings. The molecule has 104 valence electrons. The Labute approximate surface area is 120 Å². The molecule has 1 heterocycles. The molecule has 1 aliphatic rings. The minimum atomic E-state index is -0.407. The summed E-state index contributed by atoms with van der Waals surface area (Å²) in [6.07, 6.45) is 2.69. The van der Waals surface area contributed by atoms with E-state index in [1.165, 1.54) is 12.1 Å². The number of aliphatic hydroxyl groups is 1. The van der Waals surface area contributed by atoms with Crippen LogP contribution in [0.1, 0.15) is 29.6 Å². The number of likely N-dealkylation sites (tertiary alicyclic amines) is 1. The lowest BCUT2D eigenvalue weighted by Crippen LogP contribution is -2.40. The molecular weight excluding hydrogens is 313 g/mol. The smallest absolute Gasteiger partial charge is 0.255 e. The second-order valence-corrected chi connectivity index (χ2v) is 5.75. The van der Waals surface area contributed by atoms with Crippen molar-refractivity contribution in [1.82, 2.24) is 4.90 Å². The Hall–Kier alpha value is -0.940. The number of amides is 1. The van der Waals surface area contributed by atoms with Gasteiger partial charge in [0.05, 0.1) is 5.56 Å². The number of rotatable bonds is 3. The molecule has 1 aliphatic heterocycles. The topological polar surface area (TPSA) is 40.5 Å². The molecule has 1 aromatic rings. The highest BCUT2D eigenvalue weighted by molar-refractivity contribution is 9.10. The van der Waals surface area contributed by atoms with E-state index in [0.717, 1.165) is 12.8 Å². The molecule has 2 rings (SSSR count). The van der Waals surface area contributed by atoms with E-state index in [1.807, 2.05) is 0 Å². The summed E-state index contributed by atoms with van der Waals surface area (Å²) in [5, 5.41) is 8.98. The van der Waals surface area contributed by atoms with Gasteiger partial charge in [-0.1, -0.05) is 0 Å². The molecule has 0 spiro atoms. The Kier molecular flexibility index (Phi) is 4.93. The molecule has 0 aromatic heterocycles. The van der Waals surface area contributed by atoms with Gasteiger partial charge in [-0.2, -0.15) is 0 Å². The summed E-state index contributed by atoms with van der Waals surface area (Å²) in [5.41, 5.74) is 0.365. The monoisotopic (exact) mass is 329 g/mol. The number of hydrogen-bond acceptors (Lipinski definition) is 2. The Morgan fingerprint density at radius 1 is 1.53 bits per heavy atom. The summed E-state index contributed by atoms with van der Waals surface area (Å²) in [6.45, 7) is 1.49. The van der Waals surface area contributed by atoms with Crippen molar-refractivity contribution in [1.29, 1.82) is 0 Å². The van der Waals surface area contributed by atoms with Crippen LogP contribution in [0, 0.1) is 11.7 Å². The maximum Gasteiger partial charge on any atom is 0.255 e. The largest absolute Gasteiger partial charge is 0.396 e. The predicted molar refractivity (Wildman–Crippen MR) is 74.4 cm³/mol. The van der Waals surface area contributed by atoms with Gasteiger partial charge in [0.2, 0.25) is 0 Å². The fraction of sp³-hybridized carbons (Fsp3) is 0.500. The van der Waals surface area contributed by atoms with Crippen molar-refractivity contribution in [3.63, 3.8) is 0 Å². The van der Waals surface area contributed by atoms with Gasteiger partial charge in [0.1, 0.15) is 5.82 Å². The first-order chi connectivity index (χ1) is 9.11. The van der Waals surface area contributed by atoms with Crippen molar-refractivity contribution in [3.05, 3.63) is 34.1 Å². The molecule has 1 amide bonds. The minimum absolute atomic E-state index is 0.144. The number of halogens is 2. The molecule has 0 saturated carbocycles. The fourth-order valence-electron chi connectivity index (χ4n) is 2.50. The van der Waals surface area contributed by atoms with E-state index in [1.54, 1.807) is 11.0 Å². The number of piperidine rings is 1. The number of carbonyl (C=O) groups excluding carboxylic acids is 1. The molecular formula is C14H17BrFNO2. The summed E-state index contributed by atoms with van der Waals surface area (Å²) >= 11 is 3.29. The number of nitrogens with zero attached hydrogens (tertiary/aromatic N) is 1. The highest BCUT2D eigenvalue weighted by Gasteiger charge is 2.25. The second-order valence-electron chi connectivity index (χ2n) is 4.90. The Morgan fingerprint density at radius 3 is 3.05 bits per heavy atom. The van der Waals surface area contributed by atoms with E-state index >= 15 is 0 Å². The summed E-state index contributed by atoms with van der Waals surface area (Å²) in [4.78, 5) is 14.1. The standard InChI is InChI=1S/C14H17BrFNO2/c15-13-4-3-11(16)8-12(13)14(19)17-6-1-2-10(9-17)5-7-18/h3-4,8,10,18H,1-2,5-7,9H2. The molecule has 1 N–H and O–H groups in total. The molecule has 3 nitrogen and oxygen atoms in total. The van der Waals surface area contributed by atoms with Crippen molar-refractivity contribution in [2.75, 3.05) is 19.7 Å². The Bertz CT molecular complexity index is 465. The Morgan fingerprint density at radius 2 is 2.32 bits per heavy atom. The summed E-state index contributed by atoms with van der Waals surface area (Å²) in [5.74, 6) is -0.209. The van der Waals surface area contributed by atoms with Crippen LogP contribution in [-0.4, -0.2) is 35.6 Å². The molecule has 0 bridgehead atoms. The van der Waals surface area contributed by atoms with Crippen LogP contribution in [0.4, 0.5) is 4.39 Å². The molecule has 19 heavy (non-hydrogen) atoms. The molecule has 5 heteroatoms. The number of aliphatic hydroxyl groups excluding tert-OH is 1. The SMILES string of the molecule is O=C(c1cc(F)ccc1Br)N1CCCC(CCO)C1. The van der Waals surface area contributed by atoms with Gasteiger partial charge in [0.15, 0.2) is 0 Å². The molecule has 0 aliphatic carbocycles. The average molecular weight is 330 g/mol. The van der Waals surface area contributed by atoms with Crippen LogP contribution in [0.15, 0.2) is 22.7 Å². The van der Waals surface area contributed by atoms with Gasteiger partial charge >= 0.3 is 0 Å². The summed E-state index contributed by atoms with van der Waals surface area (Å²) < 4.78 is 13.9. The normalized spacial score (nSPS) is 19.5. The molecule has 0 radical (unpaired) electrons. The lowest BCUT2D eigenvalue weighted by atomic mass is 9.94. The second kappa shape index (κ2) is 6.48. The highest BCUT2D eigenvalue weighted by atomic mass is 79.9. The minimum Gasteiger partial charge on any atom is -0.396 e. The molecule has 1 saturated heterocycles. The summed E-state index contributed by atoms with van der Waals surface area (Å²) in [6, 6.07) is 4.14. The van der Waals surface area contributed by atoms with Crippen molar-refractivity contribution in [3.8, 4) is 0 Å². The van der Waals surface area contributed by atoms with Crippen LogP contribution in [0.5, 0.6) is 0 Å². The van der Waals surface area contributed by atoms with Crippen LogP contribution in [-0.2, 0) is 0 Å². The van der Waals surface area contributed by atoms with Crippen LogP contribution >= 0.6 is 15.9 Å². The van der Waals surface area contributed by atoms with Gasteiger partial charge in [-0.3, -0.25) is 4.79 Å². The summed E-state index contributed by atoms with van der Waals surface area (Å²) in [7, 11) is 0. The van der Waals surface area contributed by atoms with E-state index in [4.69, 9.17) is 5.11 Å². The van der Waals surface area contributed by atoms with Crippen LogP contribution < -0.4 is 0 Å². The van der Waals surface area contributed by atoms with E-state index in [9.17, 15) is 9.18 Å². The predicted octanol–water partition coefficient (Wildman–Crippen LogP) is 2.82. The number of carbonyl (C=O) groups is 1. The van der Waals surface area contributed by atoms with E-state index in [2.05, 4.69) is 15.9 Å². The average Bonchev–Trinajstić information content (AvgIpc) is 2.41. The van der Waals surface area contributed by atoms with Crippen molar-refractivity contribution in [2.24, 2.45) is 5.92 Å². The van der Waals surface area contributed by atoms with E-state index < -0.39 is 5.82 Å². The maximum absolute atomic E-state index is 13.2. The van der Waals surface area contributed by atoms with Crippen LogP contribution in [0.3, 0.4) is 0 Å². The first-order valence-electron chi connectivity index (χ1n) is 6.47. The lowest BCUT2D eigenvalue weighted by Gasteiger charge is -2.32. The van der Waals surface area contributed by atoms with Gasteiger partial charge in [-0.15, -0.1) is 0 Å². The van der Waals surface area contributed by atoms with Gasteiger partial charge in [0, 0.05) is 24.2 Å². The third-order valence-electron chi connectivity index (χ3n) is 3.50. The van der Waals surface area contributed by atoms with Crippen molar-refractivity contribution >= 4 is 21.8 Å². The fourth-order valence-corrected chi connectivity index (χ4v) is 2.92.